The maximum atomic E-state index is 12.1. The fourth-order valence-corrected chi connectivity index (χ4v) is 3.75. The molecule has 0 aromatic heterocycles. The van der Waals surface area contributed by atoms with Crippen LogP contribution in [0.25, 0.3) is 0 Å². The highest BCUT2D eigenvalue weighted by Gasteiger charge is 2.14. The third-order valence-electron chi connectivity index (χ3n) is 4.64. The van der Waals surface area contributed by atoms with Gasteiger partial charge in [0, 0.05) is 43.3 Å². The normalized spacial score (nSPS) is 15.1. The lowest BCUT2D eigenvalue weighted by atomic mass is 10.2. The molecule has 0 radical (unpaired) electrons. The molecule has 4 nitrogen and oxygen atoms in total. The van der Waals surface area contributed by atoms with Gasteiger partial charge in [-0.15, -0.1) is 11.8 Å². The lowest BCUT2D eigenvalue weighted by Gasteiger charge is -2.34. The van der Waals surface area contributed by atoms with Crippen LogP contribution in [0.2, 0.25) is 0 Å². The van der Waals surface area contributed by atoms with Crippen molar-refractivity contribution in [1.29, 1.82) is 0 Å². The van der Waals surface area contributed by atoms with Gasteiger partial charge in [0.1, 0.15) is 0 Å². The highest BCUT2D eigenvalue weighted by Crippen LogP contribution is 2.20. The van der Waals surface area contributed by atoms with E-state index in [-0.39, 0.29) is 5.91 Å². The quantitative estimate of drug-likeness (QED) is 0.844. The molecule has 5 heteroatoms. The number of benzene rings is 2. The number of rotatable bonds is 6. The number of carbonyl (C=O) groups excluding carboxylic acids is 1. The second kappa shape index (κ2) is 9.10. The topological polar surface area (TPSA) is 35.6 Å². The number of amides is 1. The van der Waals surface area contributed by atoms with Crippen molar-refractivity contribution in [3.8, 4) is 0 Å². The van der Waals surface area contributed by atoms with Crippen molar-refractivity contribution < 1.29 is 4.79 Å². The van der Waals surface area contributed by atoms with E-state index >= 15 is 0 Å². The Kier molecular flexibility index (Phi) is 6.58. The molecule has 3 rings (SSSR count). The predicted molar refractivity (Wildman–Crippen MR) is 112 cm³/mol. The summed E-state index contributed by atoms with van der Waals surface area (Å²) in [6.07, 6.45) is 0. The number of piperazine rings is 1. The van der Waals surface area contributed by atoms with Crippen LogP contribution in [0.15, 0.2) is 48.5 Å². The molecule has 0 bridgehead atoms. The summed E-state index contributed by atoms with van der Waals surface area (Å²) in [6.45, 7) is 6.38. The highest BCUT2D eigenvalue weighted by molar-refractivity contribution is 7.99. The molecule has 26 heavy (non-hydrogen) atoms. The zero-order valence-electron chi connectivity index (χ0n) is 15.6. The SMILES string of the molecule is Cc1ccc(CSCC(=O)Nc2ccc(N3CCN(C)CC3)cc2)cc1. The fourth-order valence-electron chi connectivity index (χ4n) is 2.96. The van der Waals surface area contributed by atoms with Gasteiger partial charge in [-0.1, -0.05) is 29.8 Å². The average molecular weight is 370 g/mol. The average Bonchev–Trinajstić information content (AvgIpc) is 2.65. The van der Waals surface area contributed by atoms with Gasteiger partial charge in [0.2, 0.25) is 5.91 Å². The van der Waals surface area contributed by atoms with E-state index in [2.05, 4.69) is 65.5 Å². The fraction of sp³-hybridized carbons (Fsp3) is 0.381. The van der Waals surface area contributed by atoms with Crippen LogP contribution >= 0.6 is 11.8 Å². The Morgan fingerprint density at radius 1 is 1.00 bits per heavy atom. The molecular formula is C21H27N3OS. The minimum absolute atomic E-state index is 0.0504. The Bertz CT molecular complexity index is 707. The van der Waals surface area contributed by atoms with Crippen LogP contribution in [0.3, 0.4) is 0 Å². The number of aryl methyl sites for hydroxylation is 1. The number of carbonyl (C=O) groups is 1. The van der Waals surface area contributed by atoms with Gasteiger partial charge in [-0.05, 0) is 43.8 Å². The molecule has 2 aromatic rings. The standard InChI is InChI=1S/C21H27N3OS/c1-17-3-5-18(6-4-17)15-26-16-21(25)22-19-7-9-20(10-8-19)24-13-11-23(2)12-14-24/h3-10H,11-16H2,1-2H3,(H,22,25). The van der Waals surface area contributed by atoms with Crippen LogP contribution in [-0.2, 0) is 10.5 Å². The van der Waals surface area contributed by atoms with E-state index in [1.165, 1.54) is 16.8 Å². The van der Waals surface area contributed by atoms with Crippen molar-refractivity contribution in [3.63, 3.8) is 0 Å². The van der Waals surface area contributed by atoms with Crippen molar-refractivity contribution in [2.24, 2.45) is 0 Å². The number of nitrogens with one attached hydrogen (secondary N) is 1. The van der Waals surface area contributed by atoms with Crippen LogP contribution < -0.4 is 10.2 Å². The third kappa shape index (κ3) is 5.51. The number of anilines is 2. The zero-order chi connectivity index (χ0) is 18.4. The molecule has 1 aliphatic rings. The van der Waals surface area contributed by atoms with Crippen molar-refractivity contribution in [2.75, 3.05) is 49.2 Å². The minimum atomic E-state index is 0.0504. The van der Waals surface area contributed by atoms with Crippen LogP contribution in [-0.4, -0.2) is 49.8 Å². The first kappa shape index (κ1) is 18.8. The maximum absolute atomic E-state index is 12.1. The Balaban J connectivity index is 1.43. The highest BCUT2D eigenvalue weighted by atomic mass is 32.2. The summed E-state index contributed by atoms with van der Waals surface area (Å²) in [5.41, 5.74) is 4.61. The van der Waals surface area contributed by atoms with Gasteiger partial charge in [0.25, 0.3) is 0 Å². The second-order valence-corrected chi connectivity index (χ2v) is 7.85. The molecule has 0 saturated carbocycles. The number of hydrogen-bond donors (Lipinski definition) is 1. The van der Waals surface area contributed by atoms with Crippen LogP contribution in [0.1, 0.15) is 11.1 Å². The van der Waals surface area contributed by atoms with Gasteiger partial charge in [-0.25, -0.2) is 0 Å². The summed E-state index contributed by atoms with van der Waals surface area (Å²) >= 11 is 1.64. The Hall–Kier alpha value is -1.98. The molecular weight excluding hydrogens is 342 g/mol. The van der Waals surface area contributed by atoms with Gasteiger partial charge in [-0.2, -0.15) is 0 Å². The van der Waals surface area contributed by atoms with E-state index in [1.807, 2.05) is 12.1 Å². The largest absolute Gasteiger partial charge is 0.369 e. The predicted octanol–water partition coefficient (Wildman–Crippen LogP) is 3.62. The smallest absolute Gasteiger partial charge is 0.234 e. The molecule has 1 fully saturated rings. The second-order valence-electron chi connectivity index (χ2n) is 6.86. The minimum Gasteiger partial charge on any atom is -0.369 e. The number of likely N-dealkylation sites (N-methyl/N-ethyl adjacent to an activating group) is 1. The molecule has 1 aliphatic heterocycles. The monoisotopic (exact) mass is 369 g/mol. The molecule has 1 N–H and O–H groups in total. The molecule has 0 aliphatic carbocycles. The van der Waals surface area contributed by atoms with Gasteiger partial charge in [0.15, 0.2) is 0 Å². The molecule has 1 heterocycles. The zero-order valence-corrected chi connectivity index (χ0v) is 16.4. The summed E-state index contributed by atoms with van der Waals surface area (Å²) < 4.78 is 0. The van der Waals surface area contributed by atoms with Gasteiger partial charge < -0.3 is 15.1 Å². The van der Waals surface area contributed by atoms with Crippen molar-refractivity contribution in [3.05, 3.63) is 59.7 Å². The van der Waals surface area contributed by atoms with Gasteiger partial charge in [-0.3, -0.25) is 4.79 Å². The Morgan fingerprint density at radius 2 is 1.65 bits per heavy atom. The molecule has 2 aromatic carbocycles. The Morgan fingerprint density at radius 3 is 2.31 bits per heavy atom. The van der Waals surface area contributed by atoms with Crippen molar-refractivity contribution >= 4 is 29.0 Å². The number of hydrogen-bond acceptors (Lipinski definition) is 4. The summed E-state index contributed by atoms with van der Waals surface area (Å²) in [7, 11) is 2.16. The first-order chi connectivity index (χ1) is 12.6. The number of thioether (sulfide) groups is 1. The van der Waals surface area contributed by atoms with E-state index in [4.69, 9.17) is 0 Å². The summed E-state index contributed by atoms with van der Waals surface area (Å²) in [5.74, 6) is 1.37. The summed E-state index contributed by atoms with van der Waals surface area (Å²) in [6, 6.07) is 16.7. The van der Waals surface area contributed by atoms with Crippen LogP contribution in [0, 0.1) is 6.92 Å². The lowest BCUT2D eigenvalue weighted by Crippen LogP contribution is -2.44. The van der Waals surface area contributed by atoms with Crippen LogP contribution in [0.5, 0.6) is 0 Å². The van der Waals surface area contributed by atoms with E-state index in [0.29, 0.717) is 5.75 Å². The van der Waals surface area contributed by atoms with Gasteiger partial charge in [0.05, 0.1) is 5.75 Å². The number of nitrogens with zero attached hydrogens (tertiary/aromatic N) is 2. The molecule has 138 valence electrons. The molecule has 1 saturated heterocycles. The van der Waals surface area contributed by atoms with E-state index < -0.39 is 0 Å². The summed E-state index contributed by atoms with van der Waals surface area (Å²) in [5, 5.41) is 2.99. The van der Waals surface area contributed by atoms with Crippen molar-refractivity contribution in [1.82, 2.24) is 4.90 Å². The lowest BCUT2D eigenvalue weighted by molar-refractivity contribution is -0.113. The summed E-state index contributed by atoms with van der Waals surface area (Å²) in [4.78, 5) is 16.9. The third-order valence-corrected chi connectivity index (χ3v) is 5.65. The van der Waals surface area contributed by atoms with Gasteiger partial charge >= 0.3 is 0 Å². The molecule has 0 atom stereocenters. The first-order valence-electron chi connectivity index (χ1n) is 9.07. The van der Waals surface area contributed by atoms with E-state index in [1.54, 1.807) is 11.8 Å². The molecule has 0 spiro atoms. The first-order valence-corrected chi connectivity index (χ1v) is 10.2. The maximum Gasteiger partial charge on any atom is 0.234 e. The van der Waals surface area contributed by atoms with E-state index in [9.17, 15) is 4.79 Å². The van der Waals surface area contributed by atoms with E-state index in [0.717, 1.165) is 37.6 Å². The Labute approximate surface area is 160 Å². The van der Waals surface area contributed by atoms with Crippen molar-refractivity contribution in [2.45, 2.75) is 12.7 Å². The molecule has 1 amide bonds. The molecule has 0 unspecified atom stereocenters. The van der Waals surface area contributed by atoms with Crippen LogP contribution in [0.4, 0.5) is 11.4 Å².